The van der Waals surface area contributed by atoms with Gasteiger partial charge in [-0.25, -0.2) is 13.1 Å². The van der Waals surface area contributed by atoms with E-state index in [0.717, 1.165) is 0 Å². The molecule has 0 bridgehead atoms. The zero-order valence-corrected chi connectivity index (χ0v) is 14.0. The van der Waals surface area contributed by atoms with E-state index in [1.807, 2.05) is 0 Å². The molecule has 0 aliphatic carbocycles. The van der Waals surface area contributed by atoms with Crippen LogP contribution in [0.1, 0.15) is 13.3 Å². The number of Topliss-reactive ketones (excluding diaryl/α,β-unsaturated/α-hetero) is 1. The first-order valence-electron chi connectivity index (χ1n) is 7.38. The largest absolute Gasteiger partial charge is 0.456 e. The summed E-state index contributed by atoms with van der Waals surface area (Å²) in [5.41, 5.74) is 5.57. The second-order valence-electron chi connectivity index (χ2n) is 5.07. The number of carbonyl (C=O) groups is 1. The Hall–Kier alpha value is -2.29. The second-order valence-corrected chi connectivity index (χ2v) is 6.83. The van der Waals surface area contributed by atoms with Crippen molar-refractivity contribution in [1.82, 2.24) is 9.71 Å². The van der Waals surface area contributed by atoms with Crippen molar-refractivity contribution < 1.29 is 17.9 Å². The van der Waals surface area contributed by atoms with Crippen LogP contribution in [0.15, 0.2) is 53.7 Å². The highest BCUT2D eigenvalue weighted by atomic mass is 32.2. The van der Waals surface area contributed by atoms with Gasteiger partial charge in [0.15, 0.2) is 5.78 Å². The molecule has 0 saturated heterocycles. The number of nitrogens with one attached hydrogen (secondary N) is 1. The summed E-state index contributed by atoms with van der Waals surface area (Å²) in [6.45, 7) is 1.43. The van der Waals surface area contributed by atoms with Crippen LogP contribution in [-0.2, 0) is 14.8 Å². The molecule has 2 aromatic rings. The number of nitrogens with zero attached hydrogens (tertiary/aromatic N) is 1. The second kappa shape index (κ2) is 8.00. The van der Waals surface area contributed by atoms with Crippen LogP contribution in [-0.4, -0.2) is 31.8 Å². The van der Waals surface area contributed by atoms with Crippen molar-refractivity contribution in [2.45, 2.75) is 24.3 Å². The van der Waals surface area contributed by atoms with Gasteiger partial charge in [-0.2, -0.15) is 0 Å². The zero-order valence-electron chi connectivity index (χ0n) is 13.2. The van der Waals surface area contributed by atoms with Crippen LogP contribution in [0.2, 0.25) is 0 Å². The van der Waals surface area contributed by atoms with E-state index in [9.17, 15) is 13.2 Å². The Morgan fingerprint density at radius 2 is 1.96 bits per heavy atom. The van der Waals surface area contributed by atoms with Gasteiger partial charge in [0.25, 0.3) is 0 Å². The highest BCUT2D eigenvalue weighted by molar-refractivity contribution is 7.89. The number of ketones is 1. The van der Waals surface area contributed by atoms with Gasteiger partial charge >= 0.3 is 0 Å². The first-order chi connectivity index (χ1) is 11.4. The van der Waals surface area contributed by atoms with E-state index in [1.165, 1.54) is 24.3 Å². The van der Waals surface area contributed by atoms with E-state index in [1.54, 1.807) is 31.5 Å². The fourth-order valence-corrected chi connectivity index (χ4v) is 2.83. The molecule has 1 heterocycles. The van der Waals surface area contributed by atoms with Crippen LogP contribution in [0.25, 0.3) is 0 Å². The summed E-state index contributed by atoms with van der Waals surface area (Å²) < 4.78 is 32.1. The number of pyridine rings is 1. The highest BCUT2D eigenvalue weighted by Crippen LogP contribution is 2.21. The Bertz CT molecular complexity index is 777. The maximum atomic E-state index is 12.2. The maximum Gasteiger partial charge on any atom is 0.240 e. The van der Waals surface area contributed by atoms with Crippen LogP contribution >= 0.6 is 0 Å². The third-order valence-electron chi connectivity index (χ3n) is 3.29. The molecule has 0 aliphatic rings. The summed E-state index contributed by atoms with van der Waals surface area (Å²) in [5.74, 6) is 0.675. The molecule has 0 saturated carbocycles. The molecule has 0 radical (unpaired) electrons. The Balaban J connectivity index is 2.02. The summed E-state index contributed by atoms with van der Waals surface area (Å²) in [6, 6.07) is 8.67. The van der Waals surface area contributed by atoms with Crippen molar-refractivity contribution >= 4 is 15.8 Å². The summed E-state index contributed by atoms with van der Waals surface area (Å²) in [6.07, 6.45) is 3.63. The monoisotopic (exact) mass is 349 g/mol. The zero-order chi connectivity index (χ0) is 17.6. The molecular formula is C16H19N3O4S. The first-order valence-corrected chi connectivity index (χ1v) is 8.86. The van der Waals surface area contributed by atoms with Crippen molar-refractivity contribution in [2.75, 3.05) is 6.54 Å². The lowest BCUT2D eigenvalue weighted by Gasteiger charge is -2.10. The predicted molar refractivity (Wildman–Crippen MR) is 89.2 cm³/mol. The molecule has 128 valence electrons. The number of nitrogens with two attached hydrogens (primary N) is 1. The van der Waals surface area contributed by atoms with Crippen LogP contribution in [0.3, 0.4) is 0 Å². The van der Waals surface area contributed by atoms with Gasteiger partial charge in [0, 0.05) is 6.20 Å². The number of hydrogen-bond acceptors (Lipinski definition) is 6. The topological polar surface area (TPSA) is 111 Å². The Morgan fingerprint density at radius 1 is 1.25 bits per heavy atom. The molecule has 0 fully saturated rings. The lowest BCUT2D eigenvalue weighted by molar-refractivity contribution is -0.119. The fourth-order valence-electron chi connectivity index (χ4n) is 1.84. The first kappa shape index (κ1) is 18.1. The number of sulfonamides is 1. The van der Waals surface area contributed by atoms with Crippen LogP contribution in [0.5, 0.6) is 11.5 Å². The Labute approximate surface area is 140 Å². The minimum atomic E-state index is -3.78. The van der Waals surface area contributed by atoms with Gasteiger partial charge in [0.2, 0.25) is 10.0 Å². The molecule has 0 spiro atoms. The van der Waals surface area contributed by atoms with E-state index in [0.29, 0.717) is 17.9 Å². The van der Waals surface area contributed by atoms with E-state index in [2.05, 4.69) is 9.71 Å². The molecule has 3 N–H and O–H groups in total. The summed E-state index contributed by atoms with van der Waals surface area (Å²) in [4.78, 5) is 15.6. The van der Waals surface area contributed by atoms with Gasteiger partial charge < -0.3 is 10.5 Å². The lowest BCUT2D eigenvalue weighted by atomic mass is 10.1. The van der Waals surface area contributed by atoms with Crippen LogP contribution in [0, 0.1) is 0 Å². The van der Waals surface area contributed by atoms with E-state index in [-0.39, 0.29) is 17.2 Å². The minimum absolute atomic E-state index is 0.0407. The lowest BCUT2D eigenvalue weighted by Crippen LogP contribution is -2.39. The molecule has 1 unspecified atom stereocenters. The minimum Gasteiger partial charge on any atom is -0.456 e. The van der Waals surface area contributed by atoms with Crippen molar-refractivity contribution in [1.29, 1.82) is 0 Å². The van der Waals surface area contributed by atoms with Crippen molar-refractivity contribution in [3.05, 3.63) is 48.8 Å². The molecule has 8 heteroatoms. The summed E-state index contributed by atoms with van der Waals surface area (Å²) >= 11 is 0. The summed E-state index contributed by atoms with van der Waals surface area (Å²) in [7, 11) is -3.78. The van der Waals surface area contributed by atoms with Gasteiger partial charge in [-0.3, -0.25) is 9.78 Å². The molecule has 24 heavy (non-hydrogen) atoms. The molecule has 0 aliphatic heterocycles. The number of benzene rings is 1. The van der Waals surface area contributed by atoms with Crippen molar-refractivity contribution in [2.24, 2.45) is 5.73 Å². The smallest absolute Gasteiger partial charge is 0.240 e. The molecule has 0 amide bonds. The third kappa shape index (κ3) is 4.85. The molecule has 1 aromatic carbocycles. The maximum absolute atomic E-state index is 12.2. The molecule has 7 nitrogen and oxygen atoms in total. The molecule has 2 rings (SSSR count). The fraction of sp³-hybridized carbons (Fsp3) is 0.250. The van der Waals surface area contributed by atoms with Gasteiger partial charge in [0.05, 0.1) is 23.7 Å². The Kier molecular flexibility index (Phi) is 6.02. The number of hydrogen-bond donors (Lipinski definition) is 2. The Morgan fingerprint density at radius 3 is 2.54 bits per heavy atom. The number of ether oxygens (including phenoxy) is 1. The van der Waals surface area contributed by atoms with Gasteiger partial charge in [-0.05, 0) is 42.8 Å². The van der Waals surface area contributed by atoms with E-state index in [4.69, 9.17) is 10.5 Å². The normalized spacial score (nSPS) is 12.6. The van der Waals surface area contributed by atoms with Crippen molar-refractivity contribution in [3.8, 4) is 11.5 Å². The van der Waals surface area contributed by atoms with E-state index >= 15 is 0 Å². The molecule has 1 atom stereocenters. The third-order valence-corrected chi connectivity index (χ3v) is 4.71. The standard InChI is InChI=1S/C16H19N3O4S/c1-2-15(17)16(20)11-19-24(21,22)14-7-5-12(6-8-14)23-13-4-3-9-18-10-13/h3-10,15,19H,2,11,17H2,1H3. The van der Waals surface area contributed by atoms with E-state index < -0.39 is 16.1 Å². The highest BCUT2D eigenvalue weighted by Gasteiger charge is 2.18. The molecule has 1 aromatic heterocycles. The summed E-state index contributed by atoms with van der Waals surface area (Å²) in [5, 5.41) is 0. The van der Waals surface area contributed by atoms with Crippen LogP contribution in [0.4, 0.5) is 0 Å². The predicted octanol–water partition coefficient (Wildman–Crippen LogP) is 1.46. The number of aromatic nitrogens is 1. The number of rotatable bonds is 8. The van der Waals surface area contributed by atoms with Gasteiger partial charge in [-0.1, -0.05) is 6.92 Å². The van der Waals surface area contributed by atoms with Gasteiger partial charge in [0.1, 0.15) is 11.5 Å². The average Bonchev–Trinajstić information content (AvgIpc) is 2.60. The van der Waals surface area contributed by atoms with Crippen molar-refractivity contribution in [3.63, 3.8) is 0 Å². The quantitative estimate of drug-likeness (QED) is 0.746. The van der Waals surface area contributed by atoms with Crippen LogP contribution < -0.4 is 15.2 Å². The molecular weight excluding hydrogens is 330 g/mol. The SMILES string of the molecule is CCC(N)C(=O)CNS(=O)(=O)c1ccc(Oc2cccnc2)cc1. The number of carbonyl (C=O) groups excluding carboxylic acids is 1. The van der Waals surface area contributed by atoms with Gasteiger partial charge in [-0.15, -0.1) is 0 Å². The average molecular weight is 349 g/mol.